The maximum atomic E-state index is 12.6. The van der Waals surface area contributed by atoms with E-state index in [0.717, 1.165) is 37.5 Å². The van der Waals surface area contributed by atoms with Crippen molar-refractivity contribution in [2.45, 2.75) is 44.1 Å². The summed E-state index contributed by atoms with van der Waals surface area (Å²) < 4.78 is 0. The number of amides is 1. The van der Waals surface area contributed by atoms with Crippen LogP contribution in [0, 0.1) is 23.7 Å². The summed E-state index contributed by atoms with van der Waals surface area (Å²) in [6.45, 7) is 0.660. The lowest BCUT2D eigenvalue weighted by Gasteiger charge is -2.35. The zero-order valence-electron chi connectivity index (χ0n) is 10.5. The smallest absolute Gasteiger partial charge is 0.329 e. The molecule has 4 nitrogen and oxygen atoms in total. The van der Waals surface area contributed by atoms with Crippen LogP contribution in [-0.4, -0.2) is 34.0 Å². The molecule has 5 atom stereocenters. The van der Waals surface area contributed by atoms with Gasteiger partial charge in [-0.1, -0.05) is 0 Å². The maximum absolute atomic E-state index is 12.6. The molecule has 0 spiro atoms. The lowest BCUT2D eigenvalue weighted by atomic mass is 9.96. The third kappa shape index (κ3) is 1.26. The van der Waals surface area contributed by atoms with Crippen LogP contribution in [0.1, 0.15) is 38.5 Å². The number of nitrogens with zero attached hydrogens (tertiary/aromatic N) is 1. The minimum atomic E-state index is -0.803. The minimum Gasteiger partial charge on any atom is -0.479 e. The van der Waals surface area contributed by atoms with Crippen molar-refractivity contribution in [1.29, 1.82) is 0 Å². The average Bonchev–Trinajstić information content (AvgIpc) is 3.24. The highest BCUT2D eigenvalue weighted by Gasteiger charge is 2.67. The maximum Gasteiger partial charge on any atom is 0.329 e. The van der Waals surface area contributed by atoms with E-state index >= 15 is 0 Å². The van der Waals surface area contributed by atoms with E-state index < -0.39 is 11.5 Å². The van der Waals surface area contributed by atoms with Crippen LogP contribution in [0.5, 0.6) is 0 Å². The van der Waals surface area contributed by atoms with E-state index in [1.54, 1.807) is 4.90 Å². The van der Waals surface area contributed by atoms with Crippen molar-refractivity contribution in [2.24, 2.45) is 23.7 Å². The number of hydrogen-bond acceptors (Lipinski definition) is 2. The minimum absolute atomic E-state index is 0.129. The van der Waals surface area contributed by atoms with E-state index in [1.807, 2.05) is 0 Å². The molecule has 0 bridgehead atoms. The molecule has 98 valence electrons. The van der Waals surface area contributed by atoms with Crippen LogP contribution < -0.4 is 0 Å². The lowest BCUT2D eigenvalue weighted by Crippen LogP contribution is -2.53. The summed E-state index contributed by atoms with van der Waals surface area (Å²) in [6.07, 6.45) is 5.97. The van der Waals surface area contributed by atoms with Crippen LogP contribution >= 0.6 is 0 Å². The van der Waals surface area contributed by atoms with Gasteiger partial charge in [0.1, 0.15) is 5.54 Å². The van der Waals surface area contributed by atoms with Gasteiger partial charge in [0, 0.05) is 12.5 Å². The fourth-order valence-electron chi connectivity index (χ4n) is 4.50. The third-order valence-corrected chi connectivity index (χ3v) is 5.72. The van der Waals surface area contributed by atoms with Crippen molar-refractivity contribution < 1.29 is 14.7 Å². The summed E-state index contributed by atoms with van der Waals surface area (Å²) in [5.41, 5.74) is -0.803. The molecule has 0 aromatic carbocycles. The molecule has 4 aliphatic rings. The number of fused-ring (bicyclic) bond motifs is 2. The van der Waals surface area contributed by atoms with Crippen molar-refractivity contribution in [3.63, 3.8) is 0 Å². The molecule has 0 aromatic rings. The monoisotopic (exact) mass is 249 g/mol. The Hall–Kier alpha value is -1.06. The van der Waals surface area contributed by atoms with Gasteiger partial charge in [0.25, 0.3) is 0 Å². The van der Waals surface area contributed by atoms with Crippen LogP contribution in [0.4, 0.5) is 0 Å². The van der Waals surface area contributed by atoms with Gasteiger partial charge in [0.2, 0.25) is 5.91 Å². The third-order valence-electron chi connectivity index (χ3n) is 5.72. The van der Waals surface area contributed by atoms with Gasteiger partial charge in [0.05, 0.1) is 0 Å². The number of likely N-dealkylation sites (tertiary alicyclic amines) is 1. The first kappa shape index (κ1) is 10.8. The Morgan fingerprint density at radius 2 is 1.89 bits per heavy atom. The fourth-order valence-corrected chi connectivity index (χ4v) is 4.50. The molecule has 1 heterocycles. The van der Waals surface area contributed by atoms with E-state index in [4.69, 9.17) is 0 Å². The number of carbonyl (C=O) groups excluding carboxylic acids is 1. The summed E-state index contributed by atoms with van der Waals surface area (Å²) in [4.78, 5) is 25.8. The lowest BCUT2D eigenvalue weighted by molar-refractivity contribution is -0.156. The first-order valence-corrected chi connectivity index (χ1v) is 7.18. The second-order valence-corrected chi connectivity index (χ2v) is 6.69. The van der Waals surface area contributed by atoms with Crippen LogP contribution in [-0.2, 0) is 9.59 Å². The highest BCUT2D eigenvalue weighted by molar-refractivity contribution is 5.91. The number of carboxylic acids is 1. The van der Waals surface area contributed by atoms with Gasteiger partial charge >= 0.3 is 5.97 Å². The zero-order valence-corrected chi connectivity index (χ0v) is 10.5. The highest BCUT2D eigenvalue weighted by Crippen LogP contribution is 2.58. The van der Waals surface area contributed by atoms with Gasteiger partial charge in [-0.3, -0.25) is 4.79 Å². The van der Waals surface area contributed by atoms with Gasteiger partial charge in [-0.2, -0.15) is 0 Å². The SMILES string of the molecule is O=C(C1C[C@@H]2C[C@@H]2C1)N1CCC[C@@H]2C[C@@]21C(=O)O. The molecule has 0 aromatic heterocycles. The van der Waals surface area contributed by atoms with Crippen molar-refractivity contribution >= 4 is 11.9 Å². The van der Waals surface area contributed by atoms with Crippen LogP contribution in [0.25, 0.3) is 0 Å². The number of hydrogen-bond donors (Lipinski definition) is 1. The molecule has 3 saturated carbocycles. The summed E-state index contributed by atoms with van der Waals surface area (Å²) in [6, 6.07) is 0. The quantitative estimate of drug-likeness (QED) is 0.806. The van der Waals surface area contributed by atoms with Crippen molar-refractivity contribution in [3.05, 3.63) is 0 Å². The molecule has 4 rings (SSSR count). The first-order valence-electron chi connectivity index (χ1n) is 7.18. The van der Waals surface area contributed by atoms with Gasteiger partial charge < -0.3 is 10.0 Å². The Bertz CT molecular complexity index is 425. The van der Waals surface area contributed by atoms with Crippen molar-refractivity contribution in [1.82, 2.24) is 4.90 Å². The van der Waals surface area contributed by atoms with E-state index in [1.165, 1.54) is 6.42 Å². The topological polar surface area (TPSA) is 57.6 Å². The summed E-state index contributed by atoms with van der Waals surface area (Å²) in [5.74, 6) is 1.28. The summed E-state index contributed by atoms with van der Waals surface area (Å²) >= 11 is 0. The molecule has 1 amide bonds. The number of carboxylic acid groups (broad SMARTS) is 1. The zero-order chi connectivity index (χ0) is 12.5. The van der Waals surface area contributed by atoms with E-state index in [0.29, 0.717) is 13.0 Å². The van der Waals surface area contributed by atoms with E-state index in [-0.39, 0.29) is 17.7 Å². The molecular formula is C14H19NO3. The number of carbonyl (C=O) groups is 2. The molecule has 1 aliphatic heterocycles. The van der Waals surface area contributed by atoms with Gasteiger partial charge in [-0.15, -0.1) is 0 Å². The molecule has 4 heteroatoms. The second-order valence-electron chi connectivity index (χ2n) is 6.69. The molecule has 1 unspecified atom stereocenters. The second kappa shape index (κ2) is 3.28. The van der Waals surface area contributed by atoms with Crippen LogP contribution in [0.15, 0.2) is 0 Å². The van der Waals surface area contributed by atoms with Crippen molar-refractivity contribution in [2.75, 3.05) is 6.54 Å². The molecular weight excluding hydrogens is 230 g/mol. The van der Waals surface area contributed by atoms with Crippen LogP contribution in [0.3, 0.4) is 0 Å². The van der Waals surface area contributed by atoms with Crippen molar-refractivity contribution in [3.8, 4) is 0 Å². The standard InChI is InChI=1S/C14H19NO3/c16-12(10-5-8-4-9(8)6-10)15-3-1-2-11-7-14(11,15)13(17)18/h8-11H,1-7H2,(H,17,18)/t8-,9+,10?,11-,14+/m1/s1. The Morgan fingerprint density at radius 3 is 2.56 bits per heavy atom. The van der Waals surface area contributed by atoms with Gasteiger partial charge in [-0.25, -0.2) is 4.79 Å². The van der Waals surface area contributed by atoms with E-state index in [9.17, 15) is 14.7 Å². The number of aliphatic carboxylic acids is 1. The summed E-state index contributed by atoms with van der Waals surface area (Å²) in [7, 11) is 0. The molecule has 1 saturated heterocycles. The largest absolute Gasteiger partial charge is 0.479 e. The molecule has 0 radical (unpaired) electrons. The first-order chi connectivity index (χ1) is 8.63. The Labute approximate surface area is 106 Å². The highest BCUT2D eigenvalue weighted by atomic mass is 16.4. The Kier molecular flexibility index (Phi) is 1.97. The number of piperidine rings is 1. The van der Waals surface area contributed by atoms with Gasteiger partial charge in [0.15, 0.2) is 0 Å². The number of rotatable bonds is 2. The fraction of sp³-hybridized carbons (Fsp3) is 0.857. The predicted octanol–water partition coefficient (Wildman–Crippen LogP) is 1.50. The summed E-state index contributed by atoms with van der Waals surface area (Å²) in [5, 5.41) is 9.47. The normalized spacial score (nSPS) is 48.3. The van der Waals surface area contributed by atoms with Gasteiger partial charge in [-0.05, 0) is 56.3 Å². The molecule has 4 fully saturated rings. The Balaban J connectivity index is 1.55. The Morgan fingerprint density at radius 1 is 1.17 bits per heavy atom. The van der Waals surface area contributed by atoms with Crippen LogP contribution in [0.2, 0.25) is 0 Å². The van der Waals surface area contributed by atoms with E-state index in [2.05, 4.69) is 0 Å². The molecule has 18 heavy (non-hydrogen) atoms. The molecule has 3 aliphatic carbocycles. The average molecular weight is 249 g/mol. The predicted molar refractivity (Wildman–Crippen MR) is 63.7 cm³/mol. The molecule has 1 N–H and O–H groups in total.